The van der Waals surface area contributed by atoms with Gasteiger partial charge in [0.05, 0.1) is 14.1 Å². The summed E-state index contributed by atoms with van der Waals surface area (Å²) in [6.07, 6.45) is 4.32. The quantitative estimate of drug-likeness (QED) is 0.443. The molecule has 2 aromatic heterocycles. The predicted molar refractivity (Wildman–Crippen MR) is 107 cm³/mol. The van der Waals surface area contributed by atoms with Gasteiger partial charge in [0.2, 0.25) is 12.7 Å². The van der Waals surface area contributed by atoms with Crippen molar-refractivity contribution in [3.8, 4) is 5.69 Å². The third-order valence-corrected chi connectivity index (χ3v) is 5.24. The fourth-order valence-corrected chi connectivity index (χ4v) is 3.94. The molecule has 3 aromatic carbocycles. The van der Waals surface area contributed by atoms with Crippen LogP contribution in [0, 0.1) is 0 Å². The van der Waals surface area contributed by atoms with Gasteiger partial charge in [-0.05, 0) is 42.0 Å². The summed E-state index contributed by atoms with van der Waals surface area (Å²) in [5, 5.41) is 0. The van der Waals surface area contributed by atoms with E-state index in [0.717, 1.165) is 6.54 Å². The van der Waals surface area contributed by atoms with E-state index in [1.165, 1.54) is 33.3 Å². The molecule has 0 spiro atoms. The molecular formula is C23H22N4+2. The second-order valence-corrected chi connectivity index (χ2v) is 7.10. The molecule has 4 heteroatoms. The third kappa shape index (κ3) is 2.61. The number of para-hydroxylation sites is 4. The molecule has 2 heterocycles. The van der Waals surface area contributed by atoms with Gasteiger partial charge in [-0.15, -0.1) is 0 Å². The minimum absolute atomic E-state index is 0.848. The van der Waals surface area contributed by atoms with Gasteiger partial charge in [0.15, 0.2) is 22.1 Å². The fourth-order valence-electron chi connectivity index (χ4n) is 3.94. The van der Waals surface area contributed by atoms with Crippen LogP contribution in [-0.4, -0.2) is 9.13 Å². The van der Waals surface area contributed by atoms with Crippen molar-refractivity contribution >= 4 is 22.1 Å². The molecule has 0 radical (unpaired) electrons. The van der Waals surface area contributed by atoms with E-state index in [9.17, 15) is 0 Å². The fraction of sp³-hybridized carbons (Fsp3) is 0.130. The van der Waals surface area contributed by atoms with Gasteiger partial charge in [0.1, 0.15) is 12.2 Å². The molecule has 0 bridgehead atoms. The highest BCUT2D eigenvalue weighted by molar-refractivity contribution is 5.74. The van der Waals surface area contributed by atoms with Gasteiger partial charge in [-0.1, -0.05) is 36.4 Å². The van der Waals surface area contributed by atoms with Crippen LogP contribution >= 0.6 is 0 Å². The third-order valence-electron chi connectivity index (χ3n) is 5.24. The van der Waals surface area contributed by atoms with E-state index in [0.29, 0.717) is 0 Å². The highest BCUT2D eigenvalue weighted by Crippen LogP contribution is 2.19. The van der Waals surface area contributed by atoms with Crippen LogP contribution in [0.3, 0.4) is 0 Å². The monoisotopic (exact) mass is 354 g/mol. The average Bonchev–Trinajstić information content (AvgIpc) is 3.20. The van der Waals surface area contributed by atoms with Crippen LogP contribution in [0.4, 0.5) is 0 Å². The van der Waals surface area contributed by atoms with Crippen molar-refractivity contribution in [2.45, 2.75) is 6.54 Å². The smallest absolute Gasteiger partial charge is 0.233 e. The minimum Gasteiger partial charge on any atom is -0.233 e. The lowest BCUT2D eigenvalue weighted by molar-refractivity contribution is -0.645. The summed E-state index contributed by atoms with van der Waals surface area (Å²) in [6, 6.07) is 25.8. The van der Waals surface area contributed by atoms with Gasteiger partial charge in [-0.2, -0.15) is 4.57 Å². The summed E-state index contributed by atoms with van der Waals surface area (Å²) in [6.45, 7) is 0.848. The Balaban J connectivity index is 1.57. The molecule has 132 valence electrons. The van der Waals surface area contributed by atoms with E-state index in [4.69, 9.17) is 0 Å². The molecule has 0 aliphatic carbocycles. The number of aryl methyl sites for hydroxylation is 2. The Morgan fingerprint density at radius 1 is 0.704 bits per heavy atom. The molecular weight excluding hydrogens is 332 g/mol. The van der Waals surface area contributed by atoms with Crippen molar-refractivity contribution in [1.82, 2.24) is 9.13 Å². The first-order valence-electron chi connectivity index (χ1n) is 9.19. The SMILES string of the molecule is C[n+]1cn(Cc2cccc(-n3c[n+](C)c4ccccc43)c2)c2ccccc21. The minimum atomic E-state index is 0.848. The van der Waals surface area contributed by atoms with Crippen molar-refractivity contribution in [2.75, 3.05) is 0 Å². The lowest BCUT2D eigenvalue weighted by atomic mass is 10.2. The summed E-state index contributed by atoms with van der Waals surface area (Å²) >= 11 is 0. The number of imidazole rings is 2. The summed E-state index contributed by atoms with van der Waals surface area (Å²) in [5.41, 5.74) is 7.42. The topological polar surface area (TPSA) is 17.6 Å². The van der Waals surface area contributed by atoms with Gasteiger partial charge >= 0.3 is 0 Å². The molecule has 0 fully saturated rings. The normalized spacial score (nSPS) is 11.5. The second-order valence-electron chi connectivity index (χ2n) is 7.10. The molecule has 5 aromatic rings. The number of nitrogens with zero attached hydrogens (tertiary/aromatic N) is 4. The maximum Gasteiger partial charge on any atom is 0.249 e. The zero-order valence-electron chi connectivity index (χ0n) is 15.6. The van der Waals surface area contributed by atoms with E-state index >= 15 is 0 Å². The molecule has 0 N–H and O–H groups in total. The molecule has 0 saturated heterocycles. The van der Waals surface area contributed by atoms with E-state index in [1.807, 2.05) is 0 Å². The van der Waals surface area contributed by atoms with Crippen LogP contribution in [0.1, 0.15) is 5.56 Å². The number of aromatic nitrogens is 4. The highest BCUT2D eigenvalue weighted by Gasteiger charge is 2.16. The maximum atomic E-state index is 2.31. The molecule has 27 heavy (non-hydrogen) atoms. The molecule has 0 aliphatic heterocycles. The number of fused-ring (bicyclic) bond motifs is 2. The van der Waals surface area contributed by atoms with E-state index in [-0.39, 0.29) is 0 Å². The molecule has 0 unspecified atom stereocenters. The van der Waals surface area contributed by atoms with Crippen LogP contribution in [0.25, 0.3) is 27.8 Å². The van der Waals surface area contributed by atoms with Gasteiger partial charge in [-0.25, -0.2) is 13.7 Å². The number of benzene rings is 3. The van der Waals surface area contributed by atoms with Crippen molar-refractivity contribution in [1.29, 1.82) is 0 Å². The van der Waals surface area contributed by atoms with Crippen molar-refractivity contribution in [3.05, 3.63) is 91.0 Å². The average molecular weight is 354 g/mol. The van der Waals surface area contributed by atoms with E-state index in [2.05, 4.69) is 118 Å². The van der Waals surface area contributed by atoms with Crippen LogP contribution < -0.4 is 9.13 Å². The zero-order valence-corrected chi connectivity index (χ0v) is 15.6. The Morgan fingerprint density at radius 3 is 2.19 bits per heavy atom. The van der Waals surface area contributed by atoms with Gasteiger partial charge in [-0.3, -0.25) is 0 Å². The standard InChI is InChI=1S/C23H22N4/c1-24-16-26(22-12-5-3-10-20(22)24)15-18-8-7-9-19(14-18)27-17-25(2)21-11-4-6-13-23(21)27/h3-14,16-17H,15H2,1-2H3/q+2. The molecule has 0 atom stereocenters. The van der Waals surface area contributed by atoms with Gasteiger partial charge in [0, 0.05) is 0 Å². The van der Waals surface area contributed by atoms with Crippen LogP contribution in [0.2, 0.25) is 0 Å². The van der Waals surface area contributed by atoms with E-state index in [1.54, 1.807) is 0 Å². The second kappa shape index (κ2) is 6.09. The van der Waals surface area contributed by atoms with Crippen LogP contribution in [0.15, 0.2) is 85.5 Å². The summed E-state index contributed by atoms with van der Waals surface area (Å²) in [5.74, 6) is 0. The van der Waals surface area contributed by atoms with Crippen molar-refractivity contribution < 1.29 is 9.13 Å². The zero-order chi connectivity index (χ0) is 18.4. The first kappa shape index (κ1) is 15.8. The van der Waals surface area contributed by atoms with Gasteiger partial charge in [0.25, 0.3) is 0 Å². The summed E-state index contributed by atoms with van der Waals surface area (Å²) in [4.78, 5) is 0. The lowest BCUT2D eigenvalue weighted by Gasteiger charge is -2.02. The van der Waals surface area contributed by atoms with E-state index < -0.39 is 0 Å². The Kier molecular flexibility index (Phi) is 3.57. The van der Waals surface area contributed by atoms with Crippen LogP contribution in [0.5, 0.6) is 0 Å². The molecule has 0 amide bonds. The highest BCUT2D eigenvalue weighted by atomic mass is 15.1. The maximum absolute atomic E-state index is 2.31. The number of hydrogen-bond acceptors (Lipinski definition) is 0. The van der Waals surface area contributed by atoms with Crippen LogP contribution in [-0.2, 0) is 20.6 Å². The Morgan fingerprint density at radius 2 is 1.37 bits per heavy atom. The Hall–Kier alpha value is -3.40. The Bertz CT molecular complexity index is 1280. The lowest BCUT2D eigenvalue weighted by Crippen LogP contribution is -2.25. The Labute approximate surface area is 158 Å². The molecule has 5 rings (SSSR count). The summed E-state index contributed by atoms with van der Waals surface area (Å²) < 4.78 is 8.91. The summed E-state index contributed by atoms with van der Waals surface area (Å²) in [7, 11) is 4.19. The van der Waals surface area contributed by atoms with Crippen molar-refractivity contribution in [2.24, 2.45) is 14.1 Å². The predicted octanol–water partition coefficient (Wildman–Crippen LogP) is 3.28. The first-order valence-corrected chi connectivity index (χ1v) is 9.19. The van der Waals surface area contributed by atoms with Gasteiger partial charge < -0.3 is 0 Å². The molecule has 0 aliphatic rings. The first-order chi connectivity index (χ1) is 13.2. The number of hydrogen-bond donors (Lipinski definition) is 0. The van der Waals surface area contributed by atoms with Crippen molar-refractivity contribution in [3.63, 3.8) is 0 Å². The molecule has 4 nitrogen and oxygen atoms in total. The molecule has 0 saturated carbocycles. The number of rotatable bonds is 3. The largest absolute Gasteiger partial charge is 0.249 e.